The topological polar surface area (TPSA) is 52.9 Å². The van der Waals surface area contributed by atoms with Gasteiger partial charge < -0.3 is 14.9 Å². The van der Waals surface area contributed by atoms with Crippen LogP contribution in [0.3, 0.4) is 0 Å². The average molecular weight is 301 g/mol. The summed E-state index contributed by atoms with van der Waals surface area (Å²) in [7, 11) is 1.62. The fourth-order valence-corrected chi connectivity index (χ4v) is 2.39. The highest BCUT2D eigenvalue weighted by Gasteiger charge is 2.14. The van der Waals surface area contributed by atoms with Crippen LogP contribution < -0.4 is 4.74 Å². The van der Waals surface area contributed by atoms with Gasteiger partial charge in [-0.15, -0.1) is 0 Å². The molecular weight excluding hydrogens is 278 g/mol. The number of nitrogens with zero attached hydrogens (tertiary/aromatic N) is 1. The van der Waals surface area contributed by atoms with E-state index in [1.165, 1.54) is 0 Å². The molecule has 0 heterocycles. The highest BCUT2D eigenvalue weighted by Crippen LogP contribution is 2.19. The van der Waals surface area contributed by atoms with Crippen LogP contribution >= 0.6 is 0 Å². The molecule has 0 saturated carbocycles. The first-order chi connectivity index (χ1) is 10.7. The molecule has 0 aliphatic carbocycles. The predicted molar refractivity (Wildman–Crippen MR) is 86.8 cm³/mol. The van der Waals surface area contributed by atoms with Crippen LogP contribution in [-0.2, 0) is 6.54 Å². The van der Waals surface area contributed by atoms with Gasteiger partial charge in [-0.1, -0.05) is 42.5 Å². The van der Waals surface area contributed by atoms with Crippen LogP contribution in [0.2, 0.25) is 0 Å². The third-order valence-electron chi connectivity index (χ3n) is 3.60. The molecule has 0 aliphatic heterocycles. The zero-order valence-electron chi connectivity index (χ0n) is 12.9. The minimum atomic E-state index is -0.596. The van der Waals surface area contributed by atoms with E-state index in [1.54, 1.807) is 7.11 Å². The molecule has 4 nitrogen and oxygen atoms in total. The maximum atomic E-state index is 10.4. The molecule has 2 N–H and O–H groups in total. The maximum Gasteiger partial charge on any atom is 0.118 e. The third kappa shape index (κ3) is 4.84. The van der Waals surface area contributed by atoms with E-state index in [-0.39, 0.29) is 6.61 Å². The molecule has 1 atom stereocenters. The van der Waals surface area contributed by atoms with E-state index in [2.05, 4.69) is 0 Å². The Kier molecular flexibility index (Phi) is 6.40. The molecule has 2 aromatic rings. The van der Waals surface area contributed by atoms with Crippen LogP contribution in [0, 0.1) is 0 Å². The lowest BCUT2D eigenvalue weighted by molar-refractivity contribution is 0.0956. The summed E-state index contributed by atoms with van der Waals surface area (Å²) in [6.45, 7) is 1.78. The Morgan fingerprint density at radius 1 is 1.05 bits per heavy atom. The van der Waals surface area contributed by atoms with Gasteiger partial charge >= 0.3 is 0 Å². The minimum Gasteiger partial charge on any atom is -0.497 e. The Balaban J connectivity index is 1.99. The fraction of sp³-hybridized carbons (Fsp3) is 0.333. The zero-order valence-corrected chi connectivity index (χ0v) is 12.9. The van der Waals surface area contributed by atoms with Gasteiger partial charge in [0.2, 0.25) is 0 Å². The molecule has 0 spiro atoms. The van der Waals surface area contributed by atoms with Gasteiger partial charge in [0.25, 0.3) is 0 Å². The molecule has 0 aliphatic rings. The van der Waals surface area contributed by atoms with Gasteiger partial charge in [-0.3, -0.25) is 4.90 Å². The monoisotopic (exact) mass is 301 g/mol. The molecule has 0 bridgehead atoms. The van der Waals surface area contributed by atoms with Gasteiger partial charge in [-0.2, -0.15) is 0 Å². The first kappa shape index (κ1) is 16.5. The smallest absolute Gasteiger partial charge is 0.118 e. The van der Waals surface area contributed by atoms with Gasteiger partial charge in [0.05, 0.1) is 19.8 Å². The van der Waals surface area contributed by atoms with Crippen molar-refractivity contribution in [2.75, 3.05) is 26.8 Å². The molecular formula is C18H23NO3. The minimum absolute atomic E-state index is 0.0716. The first-order valence-electron chi connectivity index (χ1n) is 7.42. The molecule has 1 unspecified atom stereocenters. The van der Waals surface area contributed by atoms with E-state index in [0.29, 0.717) is 19.6 Å². The number of aliphatic hydroxyl groups is 2. The van der Waals surface area contributed by atoms with E-state index >= 15 is 0 Å². The van der Waals surface area contributed by atoms with Crippen molar-refractivity contribution < 1.29 is 14.9 Å². The van der Waals surface area contributed by atoms with Gasteiger partial charge in [-0.25, -0.2) is 0 Å². The molecule has 0 fully saturated rings. The molecule has 0 aromatic heterocycles. The summed E-state index contributed by atoms with van der Waals surface area (Å²) in [6.07, 6.45) is -0.596. The number of rotatable bonds is 8. The quantitative estimate of drug-likeness (QED) is 0.785. The maximum absolute atomic E-state index is 10.4. The molecule has 4 heteroatoms. The summed E-state index contributed by atoms with van der Waals surface area (Å²) in [5, 5.41) is 19.6. The standard InChI is InChI=1S/C18H23NO3/c1-22-17-9-7-16(8-10-17)18(21)14-19(11-12-20)13-15-5-3-2-4-6-15/h2-10,18,20-21H,11-14H2,1H3. The summed E-state index contributed by atoms with van der Waals surface area (Å²) in [5.41, 5.74) is 2.01. The summed E-state index contributed by atoms with van der Waals surface area (Å²) in [4.78, 5) is 2.05. The van der Waals surface area contributed by atoms with Gasteiger partial charge in [0.1, 0.15) is 5.75 Å². The van der Waals surface area contributed by atoms with Crippen LogP contribution in [0.4, 0.5) is 0 Å². The number of benzene rings is 2. The second-order valence-corrected chi connectivity index (χ2v) is 5.23. The second kappa shape index (κ2) is 8.54. The molecule has 2 aromatic carbocycles. The summed E-state index contributed by atoms with van der Waals surface area (Å²) >= 11 is 0. The van der Waals surface area contributed by atoms with E-state index in [1.807, 2.05) is 59.5 Å². The first-order valence-corrected chi connectivity index (χ1v) is 7.42. The SMILES string of the molecule is COc1ccc(C(O)CN(CCO)Cc2ccccc2)cc1. The summed E-state index contributed by atoms with van der Waals surface area (Å²) in [6, 6.07) is 17.5. The Bertz CT molecular complexity index is 542. The Hall–Kier alpha value is -1.88. The van der Waals surface area contributed by atoms with Crippen LogP contribution in [0.5, 0.6) is 5.75 Å². The van der Waals surface area contributed by atoms with Crippen molar-refractivity contribution in [3.63, 3.8) is 0 Å². The predicted octanol–water partition coefficient (Wildman–Crippen LogP) is 2.22. The lowest BCUT2D eigenvalue weighted by Gasteiger charge is -2.24. The largest absolute Gasteiger partial charge is 0.497 e. The van der Waals surface area contributed by atoms with Gasteiger partial charge in [0, 0.05) is 19.6 Å². The highest BCUT2D eigenvalue weighted by molar-refractivity contribution is 5.28. The number of aliphatic hydroxyl groups excluding tert-OH is 2. The number of methoxy groups -OCH3 is 1. The summed E-state index contributed by atoms with van der Waals surface area (Å²) < 4.78 is 5.12. The second-order valence-electron chi connectivity index (χ2n) is 5.23. The fourth-order valence-electron chi connectivity index (χ4n) is 2.39. The average Bonchev–Trinajstić information content (AvgIpc) is 2.56. The Labute approximate surface area is 131 Å². The molecule has 2 rings (SSSR count). The molecule has 22 heavy (non-hydrogen) atoms. The lowest BCUT2D eigenvalue weighted by Crippen LogP contribution is -2.31. The van der Waals surface area contributed by atoms with Crippen molar-refractivity contribution in [2.24, 2.45) is 0 Å². The number of hydrogen-bond donors (Lipinski definition) is 2. The number of ether oxygens (including phenoxy) is 1. The van der Waals surface area contributed by atoms with Crippen molar-refractivity contribution in [3.8, 4) is 5.75 Å². The third-order valence-corrected chi connectivity index (χ3v) is 3.60. The van der Waals surface area contributed by atoms with E-state index in [0.717, 1.165) is 16.9 Å². The molecule has 118 valence electrons. The van der Waals surface area contributed by atoms with Crippen molar-refractivity contribution >= 4 is 0 Å². The van der Waals surface area contributed by atoms with E-state index < -0.39 is 6.10 Å². The van der Waals surface area contributed by atoms with Crippen molar-refractivity contribution in [1.82, 2.24) is 4.90 Å². The van der Waals surface area contributed by atoms with Crippen LogP contribution in [0.15, 0.2) is 54.6 Å². The highest BCUT2D eigenvalue weighted by atomic mass is 16.5. The lowest BCUT2D eigenvalue weighted by atomic mass is 10.1. The number of hydrogen-bond acceptors (Lipinski definition) is 4. The molecule has 0 amide bonds. The van der Waals surface area contributed by atoms with Crippen LogP contribution in [0.25, 0.3) is 0 Å². The van der Waals surface area contributed by atoms with Crippen LogP contribution in [0.1, 0.15) is 17.2 Å². The molecule has 0 saturated heterocycles. The molecule has 0 radical (unpaired) electrons. The zero-order chi connectivity index (χ0) is 15.8. The van der Waals surface area contributed by atoms with Gasteiger partial charge in [0.15, 0.2) is 0 Å². The van der Waals surface area contributed by atoms with Crippen LogP contribution in [-0.4, -0.2) is 41.9 Å². The Morgan fingerprint density at radius 3 is 2.32 bits per heavy atom. The Morgan fingerprint density at radius 2 is 1.73 bits per heavy atom. The van der Waals surface area contributed by atoms with E-state index in [4.69, 9.17) is 4.74 Å². The summed E-state index contributed by atoms with van der Waals surface area (Å²) in [5.74, 6) is 0.771. The van der Waals surface area contributed by atoms with Crippen molar-refractivity contribution in [1.29, 1.82) is 0 Å². The van der Waals surface area contributed by atoms with E-state index in [9.17, 15) is 10.2 Å². The van der Waals surface area contributed by atoms with Crippen molar-refractivity contribution in [3.05, 3.63) is 65.7 Å². The normalized spacial score (nSPS) is 12.4. The van der Waals surface area contributed by atoms with Crippen molar-refractivity contribution in [2.45, 2.75) is 12.6 Å². The van der Waals surface area contributed by atoms with Gasteiger partial charge in [-0.05, 0) is 23.3 Å².